The molecular formula is C12H11NO3. The van der Waals surface area contributed by atoms with Crippen molar-refractivity contribution < 1.29 is 14.4 Å². The molecule has 0 N–H and O–H groups in total. The molecule has 16 heavy (non-hydrogen) atoms. The van der Waals surface area contributed by atoms with Gasteiger partial charge in [0, 0.05) is 12.2 Å². The molecule has 0 fully saturated rings. The molecule has 0 atom stereocenters. The number of carbonyl (C=O) groups is 2. The first-order valence-corrected chi connectivity index (χ1v) is 4.91. The van der Waals surface area contributed by atoms with Crippen molar-refractivity contribution in [2.24, 2.45) is 0 Å². The highest BCUT2D eigenvalue weighted by atomic mass is 16.7. The molecule has 1 heterocycles. The molecule has 4 nitrogen and oxygen atoms in total. The lowest BCUT2D eigenvalue weighted by molar-refractivity contribution is -0.189. The van der Waals surface area contributed by atoms with Gasteiger partial charge in [0.05, 0.1) is 0 Å². The average molecular weight is 217 g/mol. The number of rotatable bonds is 3. The smallest absolute Gasteiger partial charge is 0.267 e. The highest BCUT2D eigenvalue weighted by Gasteiger charge is 2.24. The van der Waals surface area contributed by atoms with Crippen molar-refractivity contribution in [1.29, 1.82) is 0 Å². The van der Waals surface area contributed by atoms with E-state index in [1.54, 1.807) is 0 Å². The first-order valence-electron chi connectivity index (χ1n) is 4.91. The summed E-state index contributed by atoms with van der Waals surface area (Å²) in [5.74, 6) is -0.866. The van der Waals surface area contributed by atoms with E-state index in [1.807, 2.05) is 31.2 Å². The molecule has 0 aliphatic carbocycles. The Balaban J connectivity index is 1.95. The molecule has 2 amide bonds. The molecule has 1 aliphatic rings. The fourth-order valence-corrected chi connectivity index (χ4v) is 1.34. The van der Waals surface area contributed by atoms with Crippen molar-refractivity contribution >= 4 is 11.8 Å². The first-order chi connectivity index (χ1) is 7.66. The van der Waals surface area contributed by atoms with E-state index in [1.165, 1.54) is 12.2 Å². The van der Waals surface area contributed by atoms with Crippen molar-refractivity contribution in [2.45, 2.75) is 13.5 Å². The van der Waals surface area contributed by atoms with Gasteiger partial charge in [-0.1, -0.05) is 29.8 Å². The predicted molar refractivity (Wildman–Crippen MR) is 57.0 cm³/mol. The number of hydroxylamine groups is 2. The number of carbonyl (C=O) groups excluding carboxylic acids is 2. The van der Waals surface area contributed by atoms with Crippen LogP contribution < -0.4 is 0 Å². The number of imide groups is 1. The minimum absolute atomic E-state index is 0.208. The van der Waals surface area contributed by atoms with Gasteiger partial charge in [-0.3, -0.25) is 14.4 Å². The molecule has 0 aromatic heterocycles. The van der Waals surface area contributed by atoms with E-state index in [0.717, 1.165) is 16.2 Å². The normalized spacial score (nSPS) is 14.9. The molecule has 1 aliphatic heterocycles. The second kappa shape index (κ2) is 4.28. The molecule has 0 bridgehead atoms. The Labute approximate surface area is 93.1 Å². The second-order valence-electron chi connectivity index (χ2n) is 3.56. The zero-order valence-electron chi connectivity index (χ0n) is 8.84. The maximum Gasteiger partial charge on any atom is 0.277 e. The topological polar surface area (TPSA) is 46.6 Å². The van der Waals surface area contributed by atoms with Gasteiger partial charge in [0.1, 0.15) is 6.61 Å². The molecule has 82 valence electrons. The third-order valence-electron chi connectivity index (χ3n) is 2.25. The van der Waals surface area contributed by atoms with Crippen molar-refractivity contribution in [2.75, 3.05) is 0 Å². The molecule has 0 saturated carbocycles. The molecular weight excluding hydrogens is 206 g/mol. The minimum atomic E-state index is -0.433. The third kappa shape index (κ3) is 2.17. The summed E-state index contributed by atoms with van der Waals surface area (Å²) in [6.07, 6.45) is 2.38. The van der Waals surface area contributed by atoms with Crippen LogP contribution in [-0.4, -0.2) is 16.9 Å². The summed E-state index contributed by atoms with van der Waals surface area (Å²) in [7, 11) is 0. The summed E-state index contributed by atoms with van der Waals surface area (Å²) < 4.78 is 0. The largest absolute Gasteiger partial charge is 0.277 e. The van der Waals surface area contributed by atoms with Crippen LogP contribution in [0.5, 0.6) is 0 Å². The van der Waals surface area contributed by atoms with Crippen LogP contribution in [0.1, 0.15) is 11.1 Å². The lowest BCUT2D eigenvalue weighted by Crippen LogP contribution is -2.29. The zero-order chi connectivity index (χ0) is 11.5. The molecule has 0 radical (unpaired) electrons. The Morgan fingerprint density at radius 3 is 2.19 bits per heavy atom. The number of aryl methyl sites for hydroxylation is 1. The maximum absolute atomic E-state index is 11.2. The average Bonchev–Trinajstić information content (AvgIpc) is 2.59. The zero-order valence-corrected chi connectivity index (χ0v) is 8.84. The monoisotopic (exact) mass is 217 g/mol. The molecule has 2 rings (SSSR count). The molecule has 4 heteroatoms. The maximum atomic E-state index is 11.2. The SMILES string of the molecule is Cc1ccc(CON2C(=O)C=CC2=O)cc1. The van der Waals surface area contributed by atoms with E-state index in [0.29, 0.717) is 0 Å². The summed E-state index contributed by atoms with van der Waals surface area (Å²) >= 11 is 0. The van der Waals surface area contributed by atoms with E-state index in [2.05, 4.69) is 0 Å². The van der Waals surface area contributed by atoms with Gasteiger partial charge in [-0.2, -0.15) is 0 Å². The van der Waals surface area contributed by atoms with Gasteiger partial charge in [0.2, 0.25) is 0 Å². The Morgan fingerprint density at radius 1 is 1.06 bits per heavy atom. The predicted octanol–water partition coefficient (Wildman–Crippen LogP) is 1.35. The fraction of sp³-hybridized carbons (Fsp3) is 0.167. The molecule has 0 saturated heterocycles. The first kappa shape index (κ1) is 10.6. The van der Waals surface area contributed by atoms with Crippen LogP contribution in [0.4, 0.5) is 0 Å². The van der Waals surface area contributed by atoms with Crippen LogP contribution >= 0.6 is 0 Å². The van der Waals surface area contributed by atoms with Crippen LogP contribution in [-0.2, 0) is 21.0 Å². The van der Waals surface area contributed by atoms with E-state index < -0.39 is 11.8 Å². The van der Waals surface area contributed by atoms with Crippen LogP contribution in [0.2, 0.25) is 0 Å². The minimum Gasteiger partial charge on any atom is -0.267 e. The molecule has 0 spiro atoms. The lowest BCUT2D eigenvalue weighted by Gasteiger charge is -2.13. The van der Waals surface area contributed by atoms with Crippen molar-refractivity contribution in [3.8, 4) is 0 Å². The van der Waals surface area contributed by atoms with Crippen molar-refractivity contribution in [3.05, 3.63) is 47.5 Å². The van der Waals surface area contributed by atoms with Crippen LogP contribution in [0.15, 0.2) is 36.4 Å². The number of amides is 2. The molecule has 0 unspecified atom stereocenters. The molecule has 1 aromatic carbocycles. The Morgan fingerprint density at radius 2 is 1.62 bits per heavy atom. The Bertz CT molecular complexity index is 430. The van der Waals surface area contributed by atoms with Crippen LogP contribution in [0.25, 0.3) is 0 Å². The van der Waals surface area contributed by atoms with Gasteiger partial charge < -0.3 is 0 Å². The lowest BCUT2D eigenvalue weighted by atomic mass is 10.2. The van der Waals surface area contributed by atoms with Gasteiger partial charge in [0.25, 0.3) is 11.8 Å². The van der Waals surface area contributed by atoms with Crippen LogP contribution in [0.3, 0.4) is 0 Å². The second-order valence-corrected chi connectivity index (χ2v) is 3.56. The van der Waals surface area contributed by atoms with E-state index in [-0.39, 0.29) is 6.61 Å². The highest BCUT2D eigenvalue weighted by molar-refractivity contribution is 6.11. The quantitative estimate of drug-likeness (QED) is 0.718. The van der Waals surface area contributed by atoms with Gasteiger partial charge in [-0.05, 0) is 12.5 Å². The highest BCUT2D eigenvalue weighted by Crippen LogP contribution is 2.09. The van der Waals surface area contributed by atoms with Gasteiger partial charge in [-0.25, -0.2) is 0 Å². The van der Waals surface area contributed by atoms with Gasteiger partial charge >= 0.3 is 0 Å². The van der Waals surface area contributed by atoms with Gasteiger partial charge in [0.15, 0.2) is 0 Å². The van der Waals surface area contributed by atoms with Crippen molar-refractivity contribution in [3.63, 3.8) is 0 Å². The summed E-state index contributed by atoms with van der Waals surface area (Å²) in [5, 5.41) is 0.764. The third-order valence-corrected chi connectivity index (χ3v) is 2.25. The summed E-state index contributed by atoms with van der Waals surface area (Å²) in [6, 6.07) is 7.69. The van der Waals surface area contributed by atoms with E-state index >= 15 is 0 Å². The van der Waals surface area contributed by atoms with E-state index in [4.69, 9.17) is 4.84 Å². The van der Waals surface area contributed by atoms with Gasteiger partial charge in [-0.15, -0.1) is 5.06 Å². The number of hydrogen-bond acceptors (Lipinski definition) is 3. The number of benzene rings is 1. The number of nitrogens with zero attached hydrogens (tertiary/aromatic N) is 1. The van der Waals surface area contributed by atoms with Crippen molar-refractivity contribution in [1.82, 2.24) is 5.06 Å². The summed E-state index contributed by atoms with van der Waals surface area (Å²) in [5.41, 5.74) is 2.07. The number of hydrogen-bond donors (Lipinski definition) is 0. The standard InChI is InChI=1S/C12H11NO3/c1-9-2-4-10(5-3-9)8-16-13-11(14)6-7-12(13)15/h2-7H,8H2,1H3. The van der Waals surface area contributed by atoms with E-state index in [9.17, 15) is 9.59 Å². The summed E-state index contributed by atoms with van der Waals surface area (Å²) in [4.78, 5) is 27.4. The van der Waals surface area contributed by atoms with Crippen LogP contribution in [0, 0.1) is 6.92 Å². The summed E-state index contributed by atoms with van der Waals surface area (Å²) in [6.45, 7) is 2.20. The Hall–Kier alpha value is -1.94. The Kier molecular flexibility index (Phi) is 2.83. The fourth-order valence-electron chi connectivity index (χ4n) is 1.34. The molecule has 1 aromatic rings.